The number of rotatable bonds is 2. The molecule has 3 nitrogen and oxygen atoms in total. The molecule has 102 valence electrons. The van der Waals surface area contributed by atoms with Gasteiger partial charge in [0.15, 0.2) is 0 Å². The molecule has 2 aliphatic rings. The predicted molar refractivity (Wildman–Crippen MR) is 77.3 cm³/mol. The summed E-state index contributed by atoms with van der Waals surface area (Å²) >= 11 is 0. The molecule has 0 bridgehead atoms. The summed E-state index contributed by atoms with van der Waals surface area (Å²) in [7, 11) is 0. The van der Waals surface area contributed by atoms with Crippen molar-refractivity contribution < 1.29 is 4.79 Å². The number of aryl methyl sites for hydroxylation is 1. The molecule has 3 heteroatoms. The Morgan fingerprint density at radius 3 is 2.95 bits per heavy atom. The molecule has 2 N–H and O–H groups in total. The molecule has 1 amide bonds. The van der Waals surface area contributed by atoms with Crippen LogP contribution in [0, 0.1) is 5.92 Å². The lowest BCUT2D eigenvalue weighted by Gasteiger charge is -2.24. The molecule has 0 spiro atoms. The summed E-state index contributed by atoms with van der Waals surface area (Å²) in [5.41, 5.74) is 3.84. The highest BCUT2D eigenvalue weighted by Gasteiger charge is 2.22. The standard InChI is InChI=1S/C16H22N2O/c19-16(13-7-4-10-17-11-13)18-15-9-3-6-12-5-1-2-8-14(12)15/h3,6,9,13,17H,1-2,4-5,7-8,10-11H2,(H,18,19). The predicted octanol–water partition coefficient (Wildman–Crippen LogP) is 2.50. The maximum absolute atomic E-state index is 12.3. The highest BCUT2D eigenvalue weighted by atomic mass is 16.1. The van der Waals surface area contributed by atoms with Gasteiger partial charge in [0.25, 0.3) is 0 Å². The first-order valence-corrected chi connectivity index (χ1v) is 7.47. The molecule has 1 aliphatic heterocycles. The number of carbonyl (C=O) groups is 1. The van der Waals surface area contributed by atoms with Crippen molar-refractivity contribution in [1.82, 2.24) is 5.32 Å². The van der Waals surface area contributed by atoms with Crippen LogP contribution in [-0.2, 0) is 17.6 Å². The minimum absolute atomic E-state index is 0.133. The fourth-order valence-corrected chi connectivity index (χ4v) is 3.21. The van der Waals surface area contributed by atoms with Crippen molar-refractivity contribution in [2.75, 3.05) is 18.4 Å². The van der Waals surface area contributed by atoms with Gasteiger partial charge in [0.2, 0.25) is 5.91 Å². The van der Waals surface area contributed by atoms with Crippen molar-refractivity contribution in [3.63, 3.8) is 0 Å². The Labute approximate surface area is 114 Å². The summed E-state index contributed by atoms with van der Waals surface area (Å²) in [4.78, 5) is 12.3. The molecule has 1 aromatic rings. The van der Waals surface area contributed by atoms with Crippen LogP contribution >= 0.6 is 0 Å². The summed E-state index contributed by atoms with van der Waals surface area (Å²) in [6, 6.07) is 6.32. The van der Waals surface area contributed by atoms with Gasteiger partial charge in [-0.25, -0.2) is 0 Å². The largest absolute Gasteiger partial charge is 0.326 e. The van der Waals surface area contributed by atoms with E-state index in [4.69, 9.17) is 0 Å². The van der Waals surface area contributed by atoms with Gasteiger partial charge in [-0.05, 0) is 62.3 Å². The fraction of sp³-hybridized carbons (Fsp3) is 0.562. The number of hydrogen-bond acceptors (Lipinski definition) is 2. The van der Waals surface area contributed by atoms with E-state index in [1.165, 1.54) is 24.0 Å². The van der Waals surface area contributed by atoms with Gasteiger partial charge in [-0.2, -0.15) is 0 Å². The molecule has 1 aromatic carbocycles. The Morgan fingerprint density at radius 2 is 2.11 bits per heavy atom. The van der Waals surface area contributed by atoms with Gasteiger partial charge in [-0.3, -0.25) is 4.79 Å². The molecule has 1 unspecified atom stereocenters. The average Bonchev–Trinajstić information content (AvgIpc) is 2.48. The highest BCUT2D eigenvalue weighted by molar-refractivity contribution is 5.93. The van der Waals surface area contributed by atoms with Crippen LogP contribution in [0.15, 0.2) is 18.2 Å². The van der Waals surface area contributed by atoms with Gasteiger partial charge in [0.1, 0.15) is 0 Å². The SMILES string of the molecule is O=C(Nc1cccc2c1CCCC2)C1CCCNC1. The molecule has 0 radical (unpaired) electrons. The minimum Gasteiger partial charge on any atom is -0.326 e. The smallest absolute Gasteiger partial charge is 0.228 e. The quantitative estimate of drug-likeness (QED) is 0.855. The number of benzene rings is 1. The van der Waals surface area contributed by atoms with Crippen molar-refractivity contribution in [1.29, 1.82) is 0 Å². The van der Waals surface area contributed by atoms with Gasteiger partial charge in [-0.1, -0.05) is 12.1 Å². The zero-order valence-corrected chi connectivity index (χ0v) is 11.4. The molecule has 3 rings (SSSR count). The van der Waals surface area contributed by atoms with Crippen LogP contribution in [0.3, 0.4) is 0 Å². The number of nitrogens with one attached hydrogen (secondary N) is 2. The number of carbonyl (C=O) groups excluding carboxylic acids is 1. The number of piperidine rings is 1. The number of hydrogen-bond donors (Lipinski definition) is 2. The van der Waals surface area contributed by atoms with E-state index in [1.807, 2.05) is 0 Å². The summed E-state index contributed by atoms with van der Waals surface area (Å²) < 4.78 is 0. The zero-order valence-electron chi connectivity index (χ0n) is 11.4. The summed E-state index contributed by atoms with van der Waals surface area (Å²) in [5, 5.41) is 6.46. The van der Waals surface area contributed by atoms with Gasteiger partial charge < -0.3 is 10.6 Å². The molecular weight excluding hydrogens is 236 g/mol. The van der Waals surface area contributed by atoms with Crippen molar-refractivity contribution in [3.05, 3.63) is 29.3 Å². The third kappa shape index (κ3) is 2.81. The Balaban J connectivity index is 1.74. The average molecular weight is 258 g/mol. The van der Waals surface area contributed by atoms with E-state index in [1.54, 1.807) is 0 Å². The molecular formula is C16H22N2O. The second kappa shape index (κ2) is 5.74. The van der Waals surface area contributed by atoms with E-state index < -0.39 is 0 Å². The molecule has 19 heavy (non-hydrogen) atoms. The van der Waals surface area contributed by atoms with Crippen LogP contribution < -0.4 is 10.6 Å². The summed E-state index contributed by atoms with van der Waals surface area (Å²) in [6.07, 6.45) is 6.89. The van der Waals surface area contributed by atoms with Gasteiger partial charge in [-0.15, -0.1) is 0 Å². The lowest BCUT2D eigenvalue weighted by Crippen LogP contribution is -2.37. The molecule has 1 fully saturated rings. The van der Waals surface area contributed by atoms with E-state index >= 15 is 0 Å². The van der Waals surface area contributed by atoms with Crippen molar-refractivity contribution in [2.45, 2.75) is 38.5 Å². The van der Waals surface area contributed by atoms with Crippen LogP contribution in [-0.4, -0.2) is 19.0 Å². The van der Waals surface area contributed by atoms with Crippen molar-refractivity contribution in [3.8, 4) is 0 Å². The first kappa shape index (κ1) is 12.7. The third-order valence-electron chi connectivity index (χ3n) is 4.32. The lowest BCUT2D eigenvalue weighted by atomic mass is 9.90. The Kier molecular flexibility index (Phi) is 3.83. The maximum Gasteiger partial charge on any atom is 0.228 e. The van der Waals surface area contributed by atoms with Crippen LogP contribution in [0.5, 0.6) is 0 Å². The van der Waals surface area contributed by atoms with Crippen LogP contribution in [0.4, 0.5) is 5.69 Å². The Morgan fingerprint density at radius 1 is 1.21 bits per heavy atom. The van der Waals surface area contributed by atoms with E-state index in [2.05, 4.69) is 28.8 Å². The van der Waals surface area contributed by atoms with Gasteiger partial charge in [0.05, 0.1) is 5.92 Å². The highest BCUT2D eigenvalue weighted by Crippen LogP contribution is 2.28. The van der Waals surface area contributed by atoms with Crippen LogP contribution in [0.1, 0.15) is 36.8 Å². The fourth-order valence-electron chi connectivity index (χ4n) is 3.21. The minimum atomic E-state index is 0.133. The molecule has 0 aromatic heterocycles. The monoisotopic (exact) mass is 258 g/mol. The molecule has 0 saturated carbocycles. The normalized spacial score (nSPS) is 22.6. The number of anilines is 1. The summed E-state index contributed by atoms with van der Waals surface area (Å²) in [6.45, 7) is 1.87. The van der Waals surface area contributed by atoms with E-state index in [9.17, 15) is 4.79 Å². The molecule has 1 heterocycles. The van der Waals surface area contributed by atoms with Gasteiger partial charge in [0, 0.05) is 12.2 Å². The summed E-state index contributed by atoms with van der Waals surface area (Å²) in [5.74, 6) is 0.319. The molecule has 1 atom stereocenters. The third-order valence-corrected chi connectivity index (χ3v) is 4.32. The second-order valence-corrected chi connectivity index (χ2v) is 5.68. The van der Waals surface area contributed by atoms with Gasteiger partial charge >= 0.3 is 0 Å². The zero-order chi connectivity index (χ0) is 13.1. The van der Waals surface area contributed by atoms with Crippen molar-refractivity contribution in [2.24, 2.45) is 5.92 Å². The van der Waals surface area contributed by atoms with E-state index in [0.29, 0.717) is 0 Å². The number of amides is 1. The van der Waals surface area contributed by atoms with E-state index in [-0.39, 0.29) is 11.8 Å². The molecule has 1 aliphatic carbocycles. The second-order valence-electron chi connectivity index (χ2n) is 5.68. The number of fused-ring (bicyclic) bond motifs is 1. The molecule has 1 saturated heterocycles. The lowest BCUT2D eigenvalue weighted by molar-refractivity contribution is -0.120. The van der Waals surface area contributed by atoms with E-state index in [0.717, 1.165) is 44.5 Å². The first-order valence-electron chi connectivity index (χ1n) is 7.47. The maximum atomic E-state index is 12.3. The Bertz CT molecular complexity index is 464. The topological polar surface area (TPSA) is 41.1 Å². The van der Waals surface area contributed by atoms with Crippen molar-refractivity contribution >= 4 is 11.6 Å². The first-order chi connectivity index (χ1) is 9.34. The Hall–Kier alpha value is -1.35. The van der Waals surface area contributed by atoms with Crippen LogP contribution in [0.2, 0.25) is 0 Å². The van der Waals surface area contributed by atoms with Crippen LogP contribution in [0.25, 0.3) is 0 Å².